The van der Waals surface area contributed by atoms with Crippen molar-refractivity contribution < 1.29 is 4.79 Å². The minimum absolute atomic E-state index is 0.0912. The van der Waals surface area contributed by atoms with Crippen molar-refractivity contribution in [3.05, 3.63) is 17.5 Å². The predicted molar refractivity (Wildman–Crippen MR) is 61.0 cm³/mol. The van der Waals surface area contributed by atoms with Crippen LogP contribution in [-0.4, -0.2) is 28.7 Å². The average molecular weight is 222 g/mol. The molecular formula is C11H18N4O. The number of amides is 1. The highest BCUT2D eigenvalue weighted by molar-refractivity contribution is 5.92. The van der Waals surface area contributed by atoms with Crippen molar-refractivity contribution in [1.29, 1.82) is 0 Å². The number of nitrogens with zero attached hydrogens (tertiary/aromatic N) is 1. The van der Waals surface area contributed by atoms with Crippen LogP contribution in [0.25, 0.3) is 0 Å². The molecule has 1 aromatic rings. The fourth-order valence-corrected chi connectivity index (χ4v) is 1.65. The van der Waals surface area contributed by atoms with E-state index in [9.17, 15) is 4.79 Å². The van der Waals surface area contributed by atoms with Gasteiger partial charge < -0.3 is 11.1 Å². The van der Waals surface area contributed by atoms with E-state index >= 15 is 0 Å². The Labute approximate surface area is 94.8 Å². The van der Waals surface area contributed by atoms with Crippen LogP contribution in [-0.2, 0) is 6.42 Å². The van der Waals surface area contributed by atoms with E-state index in [1.54, 1.807) is 6.07 Å². The summed E-state index contributed by atoms with van der Waals surface area (Å²) in [5.41, 5.74) is 7.31. The molecule has 0 radical (unpaired) electrons. The first-order valence-corrected chi connectivity index (χ1v) is 5.78. The number of aryl methyl sites for hydroxylation is 1. The number of aromatic nitrogens is 2. The molecule has 0 bridgehead atoms. The molecule has 4 N–H and O–H groups in total. The van der Waals surface area contributed by atoms with Crippen LogP contribution < -0.4 is 11.1 Å². The van der Waals surface area contributed by atoms with Crippen molar-refractivity contribution in [2.24, 2.45) is 11.7 Å². The maximum Gasteiger partial charge on any atom is 0.271 e. The van der Waals surface area contributed by atoms with Crippen molar-refractivity contribution in [3.8, 4) is 0 Å². The van der Waals surface area contributed by atoms with Gasteiger partial charge in [0.05, 0.1) is 0 Å². The van der Waals surface area contributed by atoms with E-state index in [1.807, 2.05) is 6.92 Å². The molecule has 88 valence electrons. The highest BCUT2D eigenvalue weighted by atomic mass is 16.1. The van der Waals surface area contributed by atoms with Crippen molar-refractivity contribution in [2.45, 2.75) is 32.2 Å². The van der Waals surface area contributed by atoms with E-state index in [-0.39, 0.29) is 11.9 Å². The lowest BCUT2D eigenvalue weighted by Crippen LogP contribution is -2.38. The minimum Gasteiger partial charge on any atom is -0.349 e. The molecule has 0 spiro atoms. The minimum atomic E-state index is -0.146. The number of H-pyrrole nitrogens is 1. The molecule has 1 atom stereocenters. The summed E-state index contributed by atoms with van der Waals surface area (Å²) in [5.74, 6) is 0.456. The predicted octanol–water partition coefficient (Wildman–Crippen LogP) is 0.439. The summed E-state index contributed by atoms with van der Waals surface area (Å²) in [6.45, 7) is 2.55. The topological polar surface area (TPSA) is 83.8 Å². The van der Waals surface area contributed by atoms with Crippen LogP contribution in [0.5, 0.6) is 0 Å². The molecule has 5 heteroatoms. The Bertz CT molecular complexity index is 370. The maximum atomic E-state index is 11.7. The number of carbonyl (C=O) groups is 1. The fraction of sp³-hybridized carbons (Fsp3) is 0.636. The van der Waals surface area contributed by atoms with Crippen LogP contribution in [0.1, 0.15) is 35.9 Å². The van der Waals surface area contributed by atoms with Crippen molar-refractivity contribution >= 4 is 5.91 Å². The van der Waals surface area contributed by atoms with Crippen LogP contribution in [0.15, 0.2) is 6.07 Å². The molecule has 0 aliphatic heterocycles. The zero-order chi connectivity index (χ0) is 11.5. The quantitative estimate of drug-likeness (QED) is 0.676. The molecule has 1 saturated carbocycles. The number of carbonyl (C=O) groups excluding carboxylic acids is 1. The Kier molecular flexibility index (Phi) is 3.24. The van der Waals surface area contributed by atoms with Crippen LogP contribution in [0.2, 0.25) is 0 Å². The number of aromatic amines is 1. The highest BCUT2D eigenvalue weighted by Crippen LogP contribution is 2.31. The van der Waals surface area contributed by atoms with E-state index in [1.165, 1.54) is 12.8 Å². The second kappa shape index (κ2) is 4.65. The number of nitrogens with one attached hydrogen (secondary N) is 2. The zero-order valence-corrected chi connectivity index (χ0v) is 9.49. The molecule has 1 unspecified atom stereocenters. The molecule has 0 aromatic carbocycles. The van der Waals surface area contributed by atoms with E-state index in [2.05, 4.69) is 15.5 Å². The molecule has 5 nitrogen and oxygen atoms in total. The standard InChI is InChI=1S/C11H18N4O/c1-2-8-5-10(15-14-8)11(16)13-6-9(12)7-3-4-7/h5,7,9H,2-4,6,12H2,1H3,(H,13,16)(H,14,15). The van der Waals surface area contributed by atoms with E-state index in [0.29, 0.717) is 18.2 Å². The van der Waals surface area contributed by atoms with Crippen LogP contribution >= 0.6 is 0 Å². The van der Waals surface area contributed by atoms with Gasteiger partial charge in [0.15, 0.2) is 0 Å². The average Bonchev–Trinajstić information content (AvgIpc) is 3.03. The first-order valence-electron chi connectivity index (χ1n) is 5.78. The van der Waals surface area contributed by atoms with Gasteiger partial charge in [0, 0.05) is 18.3 Å². The molecule has 1 amide bonds. The van der Waals surface area contributed by atoms with Crippen molar-refractivity contribution in [1.82, 2.24) is 15.5 Å². The summed E-state index contributed by atoms with van der Waals surface area (Å²) < 4.78 is 0. The molecule has 1 aliphatic carbocycles. The van der Waals surface area contributed by atoms with E-state index in [4.69, 9.17) is 5.73 Å². The largest absolute Gasteiger partial charge is 0.349 e. The molecule has 2 rings (SSSR count). The zero-order valence-electron chi connectivity index (χ0n) is 9.49. The number of hydrogen-bond donors (Lipinski definition) is 3. The Morgan fingerprint density at radius 3 is 3.06 bits per heavy atom. The lowest BCUT2D eigenvalue weighted by atomic mass is 10.2. The molecular weight excluding hydrogens is 204 g/mol. The van der Waals surface area contributed by atoms with Gasteiger partial charge in [-0.2, -0.15) is 5.10 Å². The number of nitrogens with two attached hydrogens (primary N) is 1. The van der Waals surface area contributed by atoms with E-state index in [0.717, 1.165) is 12.1 Å². The van der Waals surface area contributed by atoms with Gasteiger partial charge in [-0.25, -0.2) is 0 Å². The molecule has 1 heterocycles. The Balaban J connectivity index is 1.82. The molecule has 1 fully saturated rings. The normalized spacial score (nSPS) is 17.1. The smallest absolute Gasteiger partial charge is 0.271 e. The van der Waals surface area contributed by atoms with Crippen LogP contribution in [0, 0.1) is 5.92 Å². The number of rotatable bonds is 5. The summed E-state index contributed by atoms with van der Waals surface area (Å²) in [7, 11) is 0. The SMILES string of the molecule is CCc1cc(C(=O)NCC(N)C2CC2)n[nH]1. The Hall–Kier alpha value is -1.36. The summed E-state index contributed by atoms with van der Waals surface area (Å²) >= 11 is 0. The van der Waals surface area contributed by atoms with Gasteiger partial charge in [0.1, 0.15) is 5.69 Å². The first kappa shape index (κ1) is 11.1. The lowest BCUT2D eigenvalue weighted by molar-refractivity contribution is 0.0945. The van der Waals surface area contributed by atoms with Crippen molar-refractivity contribution in [3.63, 3.8) is 0 Å². The molecule has 1 aromatic heterocycles. The van der Waals surface area contributed by atoms with Gasteiger partial charge in [-0.15, -0.1) is 0 Å². The van der Waals surface area contributed by atoms with Gasteiger partial charge in [0.25, 0.3) is 5.91 Å². The first-order chi connectivity index (χ1) is 7.70. The maximum absolute atomic E-state index is 11.7. The second-order valence-electron chi connectivity index (χ2n) is 4.34. The van der Waals surface area contributed by atoms with E-state index < -0.39 is 0 Å². The van der Waals surface area contributed by atoms with Gasteiger partial charge in [-0.05, 0) is 31.2 Å². The molecule has 1 aliphatic rings. The van der Waals surface area contributed by atoms with Crippen LogP contribution in [0.4, 0.5) is 0 Å². The summed E-state index contributed by atoms with van der Waals surface area (Å²) in [6.07, 6.45) is 3.24. The summed E-state index contributed by atoms with van der Waals surface area (Å²) in [6, 6.07) is 1.87. The molecule has 0 saturated heterocycles. The third kappa shape index (κ3) is 2.61. The monoisotopic (exact) mass is 222 g/mol. The Morgan fingerprint density at radius 2 is 2.50 bits per heavy atom. The Morgan fingerprint density at radius 1 is 1.75 bits per heavy atom. The van der Waals surface area contributed by atoms with Gasteiger partial charge in [-0.3, -0.25) is 9.89 Å². The van der Waals surface area contributed by atoms with Crippen molar-refractivity contribution in [2.75, 3.05) is 6.54 Å². The van der Waals surface area contributed by atoms with Crippen LogP contribution in [0.3, 0.4) is 0 Å². The van der Waals surface area contributed by atoms with Gasteiger partial charge >= 0.3 is 0 Å². The third-order valence-corrected chi connectivity index (χ3v) is 2.97. The number of hydrogen-bond acceptors (Lipinski definition) is 3. The highest BCUT2D eigenvalue weighted by Gasteiger charge is 2.28. The van der Waals surface area contributed by atoms with Gasteiger partial charge in [-0.1, -0.05) is 6.92 Å². The fourth-order valence-electron chi connectivity index (χ4n) is 1.65. The third-order valence-electron chi connectivity index (χ3n) is 2.97. The summed E-state index contributed by atoms with van der Waals surface area (Å²) in [5, 5.41) is 9.58. The van der Waals surface area contributed by atoms with Gasteiger partial charge in [0.2, 0.25) is 0 Å². The summed E-state index contributed by atoms with van der Waals surface area (Å²) in [4.78, 5) is 11.7. The lowest BCUT2D eigenvalue weighted by Gasteiger charge is -2.10. The second-order valence-corrected chi connectivity index (χ2v) is 4.34. The molecule has 16 heavy (non-hydrogen) atoms.